The van der Waals surface area contributed by atoms with Gasteiger partial charge in [0.25, 0.3) is 0 Å². The minimum Gasteiger partial charge on any atom is -0.495 e. The quantitative estimate of drug-likeness (QED) is 0.295. The number of carbonyl (C=O) groups excluding carboxylic acids is 1. The van der Waals surface area contributed by atoms with Crippen molar-refractivity contribution < 1.29 is 19.4 Å². The number of rotatable bonds is 8. The molecule has 8 nitrogen and oxygen atoms in total. The van der Waals surface area contributed by atoms with E-state index in [1.165, 1.54) is 20.3 Å². The third-order valence-electron chi connectivity index (χ3n) is 6.10. The Balaban J connectivity index is 1.75. The average molecular weight is 541 g/mol. The van der Waals surface area contributed by atoms with Gasteiger partial charge in [0, 0.05) is 48.6 Å². The molecule has 2 N–H and O–H groups in total. The molecule has 0 aliphatic carbocycles. The molecule has 0 radical (unpaired) electrons. The lowest BCUT2D eigenvalue weighted by molar-refractivity contribution is -0.111. The van der Waals surface area contributed by atoms with E-state index in [0.29, 0.717) is 34.9 Å². The first-order chi connectivity index (χ1) is 17.6. The lowest BCUT2D eigenvalue weighted by atomic mass is 9.86. The lowest BCUT2D eigenvalue weighted by Crippen LogP contribution is -2.24. The summed E-state index contributed by atoms with van der Waals surface area (Å²) in [5.41, 5.74) is 1.24. The Hall–Kier alpha value is -3.59. The number of halogens is 2. The number of anilines is 1. The molecule has 0 bridgehead atoms. The molecule has 2 aromatic heterocycles. The number of pyridine rings is 1. The van der Waals surface area contributed by atoms with E-state index in [4.69, 9.17) is 32.7 Å². The van der Waals surface area contributed by atoms with Crippen molar-refractivity contribution >= 4 is 45.6 Å². The Kier molecular flexibility index (Phi) is 7.45. The van der Waals surface area contributed by atoms with Crippen molar-refractivity contribution in [3.8, 4) is 11.5 Å². The monoisotopic (exact) mass is 540 g/mol. The summed E-state index contributed by atoms with van der Waals surface area (Å²) in [6.07, 6.45) is 5.06. The number of ether oxygens (including phenoxy) is 2. The Morgan fingerprint density at radius 1 is 1.16 bits per heavy atom. The van der Waals surface area contributed by atoms with Gasteiger partial charge >= 0.3 is 0 Å². The number of aliphatic hydroxyl groups is 1. The van der Waals surface area contributed by atoms with E-state index in [0.717, 1.165) is 16.5 Å². The molecule has 192 valence electrons. The van der Waals surface area contributed by atoms with Crippen molar-refractivity contribution in [1.29, 1.82) is 0 Å². The molecule has 2 heterocycles. The number of carbonyl (C=O) groups is 1. The standard InChI is InChI=1S/C27H26Cl2N4O4/c1-6-23(34)31-20-14-33(3)32-19(20)11-18-10-16-9-17(8-7-15(16)13-30-18)27(2,35)24-25(28)21(36-4)12-22(37-5)26(24)29/h6-10,12-14,35H,1,11H2,2-5H3,(H,31,34). The summed E-state index contributed by atoms with van der Waals surface area (Å²) in [7, 11) is 4.74. The molecule has 4 aromatic rings. The second-order valence-electron chi connectivity index (χ2n) is 8.63. The average Bonchev–Trinajstić information content (AvgIpc) is 3.21. The summed E-state index contributed by atoms with van der Waals surface area (Å²) in [6, 6.07) is 9.01. The fourth-order valence-electron chi connectivity index (χ4n) is 4.17. The van der Waals surface area contributed by atoms with Crippen LogP contribution < -0.4 is 14.8 Å². The number of nitrogens with one attached hydrogen (secondary N) is 1. The highest BCUT2D eigenvalue weighted by Crippen LogP contribution is 2.47. The highest BCUT2D eigenvalue weighted by atomic mass is 35.5. The third-order valence-corrected chi connectivity index (χ3v) is 6.85. The van der Waals surface area contributed by atoms with Crippen molar-refractivity contribution in [3.63, 3.8) is 0 Å². The van der Waals surface area contributed by atoms with Crippen LogP contribution in [0.25, 0.3) is 10.8 Å². The van der Waals surface area contributed by atoms with Crippen molar-refractivity contribution in [2.45, 2.75) is 18.9 Å². The second kappa shape index (κ2) is 10.4. The highest BCUT2D eigenvalue weighted by molar-refractivity contribution is 6.38. The van der Waals surface area contributed by atoms with Crippen LogP contribution in [0.1, 0.15) is 29.4 Å². The highest BCUT2D eigenvalue weighted by Gasteiger charge is 2.34. The predicted octanol–water partition coefficient (Wildman–Crippen LogP) is 5.26. The molecule has 2 aromatic carbocycles. The number of amides is 1. The molecule has 4 rings (SSSR count). The van der Waals surface area contributed by atoms with Crippen LogP contribution in [0.15, 0.2) is 55.4 Å². The number of fused-ring (bicyclic) bond motifs is 1. The van der Waals surface area contributed by atoms with Gasteiger partial charge in [0.1, 0.15) is 17.1 Å². The van der Waals surface area contributed by atoms with Crippen LogP contribution >= 0.6 is 23.2 Å². The van der Waals surface area contributed by atoms with Gasteiger partial charge in [-0.3, -0.25) is 14.5 Å². The molecule has 0 saturated carbocycles. The SMILES string of the molecule is C=CC(=O)Nc1cn(C)nc1Cc1cc2cc(C(C)(O)c3c(Cl)c(OC)cc(OC)c3Cl)ccc2cn1. The Labute approximate surface area is 224 Å². The molecule has 0 aliphatic rings. The van der Waals surface area contributed by atoms with Crippen LogP contribution in [-0.2, 0) is 23.9 Å². The van der Waals surface area contributed by atoms with Crippen LogP contribution in [0.3, 0.4) is 0 Å². The van der Waals surface area contributed by atoms with Crippen molar-refractivity contribution in [2.75, 3.05) is 19.5 Å². The zero-order valence-corrected chi connectivity index (χ0v) is 22.3. The molecule has 0 aliphatic heterocycles. The van der Waals surface area contributed by atoms with Crippen LogP contribution in [0, 0.1) is 0 Å². The first-order valence-corrected chi connectivity index (χ1v) is 12.0. The molecule has 0 saturated heterocycles. The lowest BCUT2D eigenvalue weighted by Gasteiger charge is -2.28. The van der Waals surface area contributed by atoms with Crippen LogP contribution in [0.5, 0.6) is 11.5 Å². The first kappa shape index (κ1) is 26.5. The predicted molar refractivity (Wildman–Crippen MR) is 145 cm³/mol. The van der Waals surface area contributed by atoms with E-state index >= 15 is 0 Å². The Morgan fingerprint density at radius 3 is 2.46 bits per heavy atom. The van der Waals surface area contributed by atoms with Gasteiger partial charge < -0.3 is 19.9 Å². The van der Waals surface area contributed by atoms with Crippen LogP contribution in [0.2, 0.25) is 10.0 Å². The zero-order chi connectivity index (χ0) is 26.9. The normalized spacial score (nSPS) is 12.7. The second-order valence-corrected chi connectivity index (χ2v) is 9.38. The topological polar surface area (TPSA) is 98.5 Å². The summed E-state index contributed by atoms with van der Waals surface area (Å²) in [4.78, 5) is 16.4. The maximum atomic E-state index is 11.8. The molecule has 1 amide bonds. The summed E-state index contributed by atoms with van der Waals surface area (Å²) in [5.74, 6) is 0.347. The maximum absolute atomic E-state index is 11.8. The number of hydrogen-bond acceptors (Lipinski definition) is 6. The van der Waals surface area contributed by atoms with E-state index in [-0.39, 0.29) is 21.5 Å². The molecule has 10 heteroatoms. The Bertz CT molecular complexity index is 1490. The van der Waals surface area contributed by atoms with Gasteiger partial charge in [-0.2, -0.15) is 5.10 Å². The van der Waals surface area contributed by atoms with Crippen LogP contribution in [-0.4, -0.2) is 40.0 Å². The Morgan fingerprint density at radius 2 is 1.84 bits per heavy atom. The van der Waals surface area contributed by atoms with E-state index in [1.54, 1.807) is 43.2 Å². The molecular formula is C27H26Cl2N4O4. The third kappa shape index (κ3) is 5.13. The van der Waals surface area contributed by atoms with Crippen molar-refractivity contribution in [1.82, 2.24) is 14.8 Å². The molecule has 0 spiro atoms. The zero-order valence-electron chi connectivity index (χ0n) is 20.8. The first-order valence-electron chi connectivity index (χ1n) is 11.3. The molecule has 1 unspecified atom stereocenters. The number of hydrogen-bond donors (Lipinski definition) is 2. The summed E-state index contributed by atoms with van der Waals surface area (Å²) in [6.45, 7) is 5.10. The van der Waals surface area contributed by atoms with E-state index < -0.39 is 5.60 Å². The van der Waals surface area contributed by atoms with Gasteiger partial charge in [-0.05, 0) is 36.1 Å². The van der Waals surface area contributed by atoms with E-state index in [1.807, 2.05) is 18.2 Å². The van der Waals surface area contributed by atoms with E-state index in [9.17, 15) is 9.90 Å². The minimum absolute atomic E-state index is 0.193. The summed E-state index contributed by atoms with van der Waals surface area (Å²) >= 11 is 13.2. The van der Waals surface area contributed by atoms with Crippen molar-refractivity contribution in [2.24, 2.45) is 7.05 Å². The fourth-order valence-corrected chi connectivity index (χ4v) is 5.04. The summed E-state index contributed by atoms with van der Waals surface area (Å²) in [5, 5.41) is 21.0. The molecular weight excluding hydrogens is 515 g/mol. The number of nitrogens with zero attached hydrogens (tertiary/aromatic N) is 3. The van der Waals surface area contributed by atoms with Gasteiger partial charge in [-0.25, -0.2) is 0 Å². The van der Waals surface area contributed by atoms with E-state index in [2.05, 4.69) is 22.0 Å². The molecule has 0 fully saturated rings. The van der Waals surface area contributed by atoms with Gasteiger partial charge in [0.2, 0.25) is 5.91 Å². The number of methoxy groups -OCH3 is 2. The largest absolute Gasteiger partial charge is 0.495 e. The van der Waals surface area contributed by atoms with Gasteiger partial charge in [0.15, 0.2) is 0 Å². The van der Waals surface area contributed by atoms with Crippen molar-refractivity contribution in [3.05, 3.63) is 87.9 Å². The number of aromatic nitrogens is 3. The molecule has 37 heavy (non-hydrogen) atoms. The van der Waals surface area contributed by atoms with Crippen LogP contribution in [0.4, 0.5) is 5.69 Å². The molecule has 1 atom stereocenters. The number of aryl methyl sites for hydroxylation is 1. The van der Waals surface area contributed by atoms with Gasteiger partial charge in [0.05, 0.1) is 35.6 Å². The minimum atomic E-state index is -1.57. The number of benzene rings is 2. The fraction of sp³-hybridized carbons (Fsp3) is 0.222. The smallest absolute Gasteiger partial charge is 0.247 e. The van der Waals surface area contributed by atoms with Gasteiger partial charge in [-0.1, -0.05) is 41.9 Å². The summed E-state index contributed by atoms with van der Waals surface area (Å²) < 4.78 is 12.4. The van der Waals surface area contributed by atoms with Gasteiger partial charge in [-0.15, -0.1) is 0 Å². The maximum Gasteiger partial charge on any atom is 0.247 e.